The number of ether oxygens (including phenoxy) is 1. The van der Waals surface area contributed by atoms with E-state index in [1.54, 1.807) is 18.2 Å². The van der Waals surface area contributed by atoms with Crippen molar-refractivity contribution in [2.24, 2.45) is 5.73 Å². The summed E-state index contributed by atoms with van der Waals surface area (Å²) in [4.78, 5) is 0. The summed E-state index contributed by atoms with van der Waals surface area (Å²) in [7, 11) is -1.82. The summed E-state index contributed by atoms with van der Waals surface area (Å²) in [5, 5.41) is 0. The molecule has 0 spiro atoms. The van der Waals surface area contributed by atoms with E-state index in [0.29, 0.717) is 11.4 Å². The van der Waals surface area contributed by atoms with Crippen molar-refractivity contribution < 1.29 is 13.2 Å². The lowest BCUT2D eigenvalue weighted by molar-refractivity contribution is 0.416. The molecule has 0 fully saturated rings. The first-order valence-electron chi connectivity index (χ1n) is 4.75. The third-order valence-electron chi connectivity index (χ3n) is 2.05. The highest BCUT2D eigenvalue weighted by Gasteiger charge is 2.10. The number of nitrogens with one attached hydrogen (secondary N) is 1. The SMILES string of the molecule is COc1cc(C(C)N)ccc1NS(C)(=O)=O. The molecule has 0 bridgehead atoms. The van der Waals surface area contributed by atoms with Gasteiger partial charge in [0.1, 0.15) is 5.75 Å². The first-order valence-corrected chi connectivity index (χ1v) is 6.64. The summed E-state index contributed by atoms with van der Waals surface area (Å²) >= 11 is 0. The van der Waals surface area contributed by atoms with Crippen molar-refractivity contribution >= 4 is 15.7 Å². The van der Waals surface area contributed by atoms with Crippen LogP contribution in [0.15, 0.2) is 18.2 Å². The van der Waals surface area contributed by atoms with Crippen LogP contribution in [0.1, 0.15) is 18.5 Å². The minimum atomic E-state index is -3.30. The molecule has 1 aromatic rings. The number of anilines is 1. The molecule has 0 amide bonds. The molecule has 0 aromatic heterocycles. The van der Waals surface area contributed by atoms with E-state index in [1.807, 2.05) is 6.92 Å². The number of methoxy groups -OCH3 is 1. The summed E-state index contributed by atoms with van der Waals surface area (Å²) in [5.41, 5.74) is 7.02. The fraction of sp³-hybridized carbons (Fsp3) is 0.400. The third kappa shape index (κ3) is 3.39. The summed E-state index contributed by atoms with van der Waals surface area (Å²) < 4.78 is 29.7. The maximum absolute atomic E-state index is 11.1. The fourth-order valence-electron chi connectivity index (χ4n) is 1.28. The molecule has 3 N–H and O–H groups in total. The Morgan fingerprint density at radius 1 is 1.44 bits per heavy atom. The van der Waals surface area contributed by atoms with Crippen molar-refractivity contribution in [2.75, 3.05) is 18.1 Å². The van der Waals surface area contributed by atoms with Crippen LogP contribution in [-0.4, -0.2) is 21.8 Å². The van der Waals surface area contributed by atoms with Crippen LogP contribution in [0.25, 0.3) is 0 Å². The standard InChI is InChI=1S/C10H16N2O3S/c1-7(11)8-4-5-9(10(6-8)15-2)12-16(3,13)14/h4-7,12H,11H2,1-3H3. The zero-order chi connectivity index (χ0) is 12.3. The fourth-order valence-corrected chi connectivity index (χ4v) is 1.84. The highest BCUT2D eigenvalue weighted by atomic mass is 32.2. The molecule has 6 heteroatoms. The van der Waals surface area contributed by atoms with Gasteiger partial charge in [0.15, 0.2) is 0 Å². The molecule has 0 heterocycles. The van der Waals surface area contributed by atoms with Crippen LogP contribution in [0.2, 0.25) is 0 Å². The molecule has 0 aliphatic rings. The van der Waals surface area contributed by atoms with Gasteiger partial charge in [-0.1, -0.05) is 6.07 Å². The Labute approximate surface area is 95.7 Å². The van der Waals surface area contributed by atoms with Gasteiger partial charge in [0.25, 0.3) is 0 Å². The van der Waals surface area contributed by atoms with E-state index in [-0.39, 0.29) is 6.04 Å². The van der Waals surface area contributed by atoms with Crippen molar-refractivity contribution in [3.63, 3.8) is 0 Å². The van der Waals surface area contributed by atoms with Crippen molar-refractivity contribution in [1.29, 1.82) is 0 Å². The van der Waals surface area contributed by atoms with E-state index in [4.69, 9.17) is 10.5 Å². The van der Waals surface area contributed by atoms with Gasteiger partial charge in [0.2, 0.25) is 10.0 Å². The molecule has 1 aromatic carbocycles. The quantitative estimate of drug-likeness (QED) is 0.830. The zero-order valence-electron chi connectivity index (χ0n) is 9.52. The first kappa shape index (κ1) is 12.8. The van der Waals surface area contributed by atoms with Gasteiger partial charge in [-0.25, -0.2) is 8.42 Å². The summed E-state index contributed by atoms with van der Waals surface area (Å²) in [6.07, 6.45) is 1.09. The van der Waals surface area contributed by atoms with E-state index in [2.05, 4.69) is 4.72 Å². The molecule has 0 aliphatic carbocycles. The van der Waals surface area contributed by atoms with Crippen molar-refractivity contribution in [3.05, 3.63) is 23.8 Å². The second kappa shape index (κ2) is 4.71. The molecule has 1 rings (SSSR count). The average molecular weight is 244 g/mol. The van der Waals surface area contributed by atoms with E-state index in [1.165, 1.54) is 7.11 Å². The number of benzene rings is 1. The highest BCUT2D eigenvalue weighted by Crippen LogP contribution is 2.28. The third-order valence-corrected chi connectivity index (χ3v) is 2.64. The van der Waals surface area contributed by atoms with Gasteiger partial charge in [-0.3, -0.25) is 4.72 Å². The van der Waals surface area contributed by atoms with Gasteiger partial charge >= 0.3 is 0 Å². The molecular weight excluding hydrogens is 228 g/mol. The van der Waals surface area contributed by atoms with E-state index >= 15 is 0 Å². The van der Waals surface area contributed by atoms with Crippen molar-refractivity contribution in [2.45, 2.75) is 13.0 Å². The maximum Gasteiger partial charge on any atom is 0.229 e. The normalized spacial score (nSPS) is 13.2. The molecule has 1 atom stereocenters. The second-order valence-corrected chi connectivity index (χ2v) is 5.37. The molecule has 0 aliphatic heterocycles. The van der Waals surface area contributed by atoms with Crippen LogP contribution < -0.4 is 15.2 Å². The Balaban J connectivity index is 3.12. The molecule has 0 saturated heterocycles. The van der Waals surface area contributed by atoms with E-state index < -0.39 is 10.0 Å². The molecule has 16 heavy (non-hydrogen) atoms. The van der Waals surface area contributed by atoms with Crippen molar-refractivity contribution in [3.8, 4) is 5.75 Å². The summed E-state index contributed by atoms with van der Waals surface area (Å²) in [6, 6.07) is 5.00. The molecular formula is C10H16N2O3S. The van der Waals surface area contributed by atoms with E-state index in [0.717, 1.165) is 11.8 Å². The van der Waals surface area contributed by atoms with Crippen LogP contribution in [0.3, 0.4) is 0 Å². The predicted molar refractivity (Wildman–Crippen MR) is 64.1 cm³/mol. The largest absolute Gasteiger partial charge is 0.495 e. The van der Waals surface area contributed by atoms with Gasteiger partial charge in [-0.15, -0.1) is 0 Å². The van der Waals surface area contributed by atoms with Gasteiger partial charge in [0.05, 0.1) is 19.1 Å². The molecule has 5 nitrogen and oxygen atoms in total. The Morgan fingerprint density at radius 3 is 2.50 bits per heavy atom. The van der Waals surface area contributed by atoms with E-state index in [9.17, 15) is 8.42 Å². The minimum absolute atomic E-state index is 0.124. The Bertz CT molecular complexity index is 469. The van der Waals surface area contributed by atoms with Gasteiger partial charge in [-0.2, -0.15) is 0 Å². The number of sulfonamides is 1. The van der Waals surface area contributed by atoms with Gasteiger partial charge in [-0.05, 0) is 24.6 Å². The maximum atomic E-state index is 11.1. The topological polar surface area (TPSA) is 81.4 Å². The Hall–Kier alpha value is -1.27. The highest BCUT2D eigenvalue weighted by molar-refractivity contribution is 7.92. The summed E-state index contributed by atoms with van der Waals surface area (Å²) in [5.74, 6) is 0.459. The van der Waals surface area contributed by atoms with Crippen LogP contribution in [0.4, 0.5) is 5.69 Å². The second-order valence-electron chi connectivity index (χ2n) is 3.62. The average Bonchev–Trinajstić information content (AvgIpc) is 2.15. The number of hydrogen-bond acceptors (Lipinski definition) is 4. The number of nitrogens with two attached hydrogens (primary N) is 1. The molecule has 0 saturated carbocycles. The first-order chi connectivity index (χ1) is 7.33. The lowest BCUT2D eigenvalue weighted by atomic mass is 10.1. The summed E-state index contributed by atoms with van der Waals surface area (Å²) in [6.45, 7) is 1.85. The predicted octanol–water partition coefficient (Wildman–Crippen LogP) is 1.09. The number of hydrogen-bond donors (Lipinski definition) is 2. The smallest absolute Gasteiger partial charge is 0.229 e. The Kier molecular flexibility index (Phi) is 3.77. The minimum Gasteiger partial charge on any atom is -0.495 e. The molecule has 90 valence electrons. The van der Waals surface area contributed by atoms with Crippen LogP contribution >= 0.6 is 0 Å². The lowest BCUT2D eigenvalue weighted by Gasteiger charge is -2.13. The molecule has 1 unspecified atom stereocenters. The number of rotatable bonds is 4. The molecule has 0 radical (unpaired) electrons. The van der Waals surface area contributed by atoms with Gasteiger partial charge in [0, 0.05) is 6.04 Å². The van der Waals surface area contributed by atoms with Crippen LogP contribution in [0, 0.1) is 0 Å². The van der Waals surface area contributed by atoms with Crippen LogP contribution in [-0.2, 0) is 10.0 Å². The lowest BCUT2D eigenvalue weighted by Crippen LogP contribution is -2.11. The zero-order valence-corrected chi connectivity index (χ0v) is 10.3. The monoisotopic (exact) mass is 244 g/mol. The van der Waals surface area contributed by atoms with Crippen LogP contribution in [0.5, 0.6) is 5.75 Å². The Morgan fingerprint density at radius 2 is 2.06 bits per heavy atom. The van der Waals surface area contributed by atoms with Crippen molar-refractivity contribution in [1.82, 2.24) is 0 Å². The van der Waals surface area contributed by atoms with Gasteiger partial charge < -0.3 is 10.5 Å².